The summed E-state index contributed by atoms with van der Waals surface area (Å²) in [6.45, 7) is 3.06. The molecule has 19 heavy (non-hydrogen) atoms. The monoisotopic (exact) mass is 264 g/mol. The van der Waals surface area contributed by atoms with Crippen molar-refractivity contribution in [1.82, 2.24) is 14.9 Å². The zero-order valence-electron chi connectivity index (χ0n) is 10.8. The number of anilines is 1. The molecule has 0 spiro atoms. The van der Waals surface area contributed by atoms with E-state index < -0.39 is 5.82 Å². The third-order valence-corrected chi connectivity index (χ3v) is 3.79. The van der Waals surface area contributed by atoms with E-state index in [2.05, 4.69) is 9.97 Å². The van der Waals surface area contributed by atoms with Crippen LogP contribution in [-0.4, -0.2) is 47.0 Å². The van der Waals surface area contributed by atoms with Gasteiger partial charge in [0.1, 0.15) is 0 Å². The molecular formula is C13H17FN4O. The van der Waals surface area contributed by atoms with Crippen LogP contribution in [0.5, 0.6) is 0 Å². The fraction of sp³-hybridized carbons (Fsp3) is 0.615. The van der Waals surface area contributed by atoms with Gasteiger partial charge in [-0.3, -0.25) is 4.79 Å². The minimum absolute atomic E-state index is 0.0479. The Morgan fingerprint density at radius 2 is 1.79 bits per heavy atom. The van der Waals surface area contributed by atoms with Crippen LogP contribution in [0, 0.1) is 11.7 Å². The van der Waals surface area contributed by atoms with Crippen molar-refractivity contribution in [1.29, 1.82) is 0 Å². The van der Waals surface area contributed by atoms with E-state index in [-0.39, 0.29) is 11.8 Å². The van der Waals surface area contributed by atoms with Gasteiger partial charge in [0.25, 0.3) is 0 Å². The summed E-state index contributed by atoms with van der Waals surface area (Å²) in [7, 11) is 0. The van der Waals surface area contributed by atoms with Gasteiger partial charge in [-0.05, 0) is 19.3 Å². The lowest BCUT2D eigenvalue weighted by Crippen LogP contribution is -2.55. The quantitative estimate of drug-likeness (QED) is 0.801. The van der Waals surface area contributed by atoms with E-state index in [1.54, 1.807) is 0 Å². The summed E-state index contributed by atoms with van der Waals surface area (Å²) in [6.07, 6.45) is 5.76. The molecule has 5 nitrogen and oxygen atoms in total. The number of likely N-dealkylation sites (tertiary alicyclic amines) is 1. The average molecular weight is 264 g/mol. The molecule has 0 radical (unpaired) electrons. The summed E-state index contributed by atoms with van der Waals surface area (Å²) in [5.41, 5.74) is 0. The number of carbonyl (C=O) groups excluding carboxylic acids is 1. The summed E-state index contributed by atoms with van der Waals surface area (Å²) in [5, 5.41) is 0. The molecular weight excluding hydrogens is 247 g/mol. The Morgan fingerprint density at radius 3 is 2.42 bits per heavy atom. The van der Waals surface area contributed by atoms with Gasteiger partial charge in [-0.1, -0.05) is 0 Å². The minimum Gasteiger partial charge on any atom is -0.342 e. The summed E-state index contributed by atoms with van der Waals surface area (Å²) in [4.78, 5) is 23.9. The highest BCUT2D eigenvalue weighted by atomic mass is 19.1. The Morgan fingerprint density at radius 1 is 1.16 bits per heavy atom. The first kappa shape index (κ1) is 12.3. The summed E-state index contributed by atoms with van der Waals surface area (Å²) < 4.78 is 12.7. The molecule has 0 saturated carbocycles. The van der Waals surface area contributed by atoms with Gasteiger partial charge < -0.3 is 9.80 Å². The highest BCUT2D eigenvalue weighted by Gasteiger charge is 2.36. The lowest BCUT2D eigenvalue weighted by Gasteiger charge is -2.41. The summed E-state index contributed by atoms with van der Waals surface area (Å²) >= 11 is 0. The highest BCUT2D eigenvalue weighted by molar-refractivity contribution is 5.81. The molecule has 2 aliphatic heterocycles. The van der Waals surface area contributed by atoms with Gasteiger partial charge in [0.2, 0.25) is 11.9 Å². The molecule has 0 aliphatic carbocycles. The maximum absolute atomic E-state index is 12.7. The molecule has 3 heterocycles. The number of carbonyl (C=O) groups is 1. The first-order valence-electron chi connectivity index (χ1n) is 6.75. The van der Waals surface area contributed by atoms with Gasteiger partial charge in [0, 0.05) is 26.2 Å². The van der Waals surface area contributed by atoms with E-state index in [4.69, 9.17) is 0 Å². The van der Waals surface area contributed by atoms with Crippen LogP contribution in [0.1, 0.15) is 19.3 Å². The summed E-state index contributed by atoms with van der Waals surface area (Å²) in [5.74, 6) is 0.360. The summed E-state index contributed by atoms with van der Waals surface area (Å²) in [6, 6.07) is 0. The number of halogens is 1. The van der Waals surface area contributed by atoms with Crippen LogP contribution < -0.4 is 4.90 Å². The van der Waals surface area contributed by atoms with Crippen molar-refractivity contribution in [3.05, 3.63) is 18.2 Å². The van der Waals surface area contributed by atoms with Crippen molar-refractivity contribution in [2.75, 3.05) is 31.1 Å². The first-order chi connectivity index (χ1) is 9.24. The molecule has 0 aromatic carbocycles. The lowest BCUT2D eigenvalue weighted by atomic mass is 9.97. The highest BCUT2D eigenvalue weighted by Crippen LogP contribution is 2.23. The fourth-order valence-corrected chi connectivity index (χ4v) is 2.64. The Kier molecular flexibility index (Phi) is 3.31. The second kappa shape index (κ2) is 5.11. The molecule has 1 amide bonds. The van der Waals surface area contributed by atoms with E-state index in [1.165, 1.54) is 6.42 Å². The second-order valence-electron chi connectivity index (χ2n) is 5.19. The molecule has 2 aliphatic rings. The van der Waals surface area contributed by atoms with Gasteiger partial charge in [-0.2, -0.15) is 0 Å². The van der Waals surface area contributed by atoms with Gasteiger partial charge in [0.05, 0.1) is 18.3 Å². The zero-order valence-corrected chi connectivity index (χ0v) is 10.8. The number of hydrogen-bond donors (Lipinski definition) is 0. The molecule has 0 bridgehead atoms. The van der Waals surface area contributed by atoms with E-state index >= 15 is 0 Å². The maximum atomic E-state index is 12.7. The van der Waals surface area contributed by atoms with Gasteiger partial charge in [-0.15, -0.1) is 0 Å². The van der Waals surface area contributed by atoms with E-state index in [0.29, 0.717) is 19.0 Å². The molecule has 0 unspecified atom stereocenters. The smallest absolute Gasteiger partial charge is 0.229 e. The third-order valence-electron chi connectivity index (χ3n) is 3.79. The van der Waals surface area contributed by atoms with Crippen molar-refractivity contribution >= 4 is 11.9 Å². The minimum atomic E-state index is -0.440. The van der Waals surface area contributed by atoms with Crippen LogP contribution in [0.4, 0.5) is 10.3 Å². The third kappa shape index (κ3) is 2.52. The van der Waals surface area contributed by atoms with E-state index in [0.717, 1.165) is 38.3 Å². The molecule has 6 heteroatoms. The number of aromatic nitrogens is 2. The van der Waals surface area contributed by atoms with Crippen LogP contribution in [0.25, 0.3) is 0 Å². The molecule has 1 aromatic rings. The van der Waals surface area contributed by atoms with Crippen molar-refractivity contribution in [2.45, 2.75) is 19.3 Å². The van der Waals surface area contributed by atoms with Crippen LogP contribution in [0.15, 0.2) is 12.4 Å². The van der Waals surface area contributed by atoms with E-state index in [1.807, 2.05) is 9.80 Å². The molecule has 0 atom stereocenters. The van der Waals surface area contributed by atoms with Crippen LogP contribution in [0.3, 0.4) is 0 Å². The van der Waals surface area contributed by atoms with Gasteiger partial charge >= 0.3 is 0 Å². The van der Waals surface area contributed by atoms with Crippen molar-refractivity contribution < 1.29 is 9.18 Å². The molecule has 0 N–H and O–H groups in total. The van der Waals surface area contributed by atoms with Crippen LogP contribution >= 0.6 is 0 Å². The number of rotatable bonds is 2. The van der Waals surface area contributed by atoms with Crippen molar-refractivity contribution in [3.63, 3.8) is 0 Å². The maximum Gasteiger partial charge on any atom is 0.229 e. The number of piperidine rings is 1. The van der Waals surface area contributed by atoms with Crippen LogP contribution in [-0.2, 0) is 4.79 Å². The SMILES string of the molecule is O=C(C1CN(c2ncc(F)cn2)C1)N1CCCCC1. The van der Waals surface area contributed by atoms with Crippen LogP contribution in [0.2, 0.25) is 0 Å². The van der Waals surface area contributed by atoms with Gasteiger partial charge in [-0.25, -0.2) is 14.4 Å². The largest absolute Gasteiger partial charge is 0.342 e. The Labute approximate surface area is 111 Å². The predicted molar refractivity (Wildman–Crippen MR) is 68.1 cm³/mol. The average Bonchev–Trinajstić information content (AvgIpc) is 2.40. The Hall–Kier alpha value is -1.72. The van der Waals surface area contributed by atoms with Crippen molar-refractivity contribution in [3.8, 4) is 0 Å². The molecule has 2 saturated heterocycles. The Balaban J connectivity index is 1.54. The fourth-order valence-electron chi connectivity index (χ4n) is 2.64. The standard InChI is InChI=1S/C13H17FN4O/c14-11-6-15-13(16-7-11)18-8-10(9-18)12(19)17-4-2-1-3-5-17/h6-7,10H,1-5,8-9H2. The molecule has 2 fully saturated rings. The number of hydrogen-bond acceptors (Lipinski definition) is 4. The normalized spacial score (nSPS) is 20.3. The van der Waals surface area contributed by atoms with E-state index in [9.17, 15) is 9.18 Å². The first-order valence-corrected chi connectivity index (χ1v) is 6.75. The lowest BCUT2D eigenvalue weighted by molar-refractivity contribution is -0.137. The number of nitrogens with zero attached hydrogens (tertiary/aromatic N) is 4. The Bertz CT molecular complexity index is 452. The van der Waals surface area contributed by atoms with Gasteiger partial charge in [0.15, 0.2) is 5.82 Å². The predicted octanol–water partition coefficient (Wildman–Crippen LogP) is 1.06. The molecule has 102 valence electrons. The van der Waals surface area contributed by atoms with Crippen molar-refractivity contribution in [2.24, 2.45) is 5.92 Å². The number of amides is 1. The second-order valence-corrected chi connectivity index (χ2v) is 5.19. The topological polar surface area (TPSA) is 49.3 Å². The molecule has 3 rings (SSSR count). The molecule has 1 aromatic heterocycles. The zero-order chi connectivity index (χ0) is 13.2.